The quantitative estimate of drug-likeness (QED) is 0.486. The van der Waals surface area contributed by atoms with Crippen molar-refractivity contribution in [3.8, 4) is 0 Å². The molecule has 1 aliphatic heterocycles. The number of aromatic nitrogens is 2. The molecule has 2 unspecified atom stereocenters. The molecule has 0 aliphatic carbocycles. The fourth-order valence-corrected chi connectivity index (χ4v) is 4.75. The smallest absolute Gasteiger partial charge is 0.323 e. The molecule has 2 aromatic carbocycles. The normalized spacial score (nSPS) is 23.6. The zero-order valence-electron chi connectivity index (χ0n) is 16.2. The largest absolute Gasteiger partial charge is 0.457 e. The van der Waals surface area contributed by atoms with Crippen LogP contribution in [0.2, 0.25) is 0 Å². The Morgan fingerprint density at radius 2 is 1.57 bits per heavy atom. The highest BCUT2D eigenvalue weighted by molar-refractivity contribution is 6.29. The Kier molecular flexibility index (Phi) is 4.54. The molecule has 5 heteroatoms. The van der Waals surface area contributed by atoms with Crippen molar-refractivity contribution in [3.05, 3.63) is 89.2 Å². The predicted octanol–water partition coefficient (Wildman–Crippen LogP) is 4.41. The molecular weight excluding hydrogens is 372 g/mol. The first-order chi connectivity index (χ1) is 13.4. The highest BCUT2D eigenvalue weighted by Crippen LogP contribution is 2.54. The van der Waals surface area contributed by atoms with Crippen LogP contribution in [0.5, 0.6) is 0 Å². The van der Waals surface area contributed by atoms with Gasteiger partial charge in [-0.15, -0.1) is 11.6 Å². The maximum atomic E-state index is 13.5. The van der Waals surface area contributed by atoms with E-state index in [1.807, 2.05) is 92.2 Å². The number of rotatable bonds is 4. The van der Waals surface area contributed by atoms with Crippen LogP contribution in [0.15, 0.2) is 66.7 Å². The number of nitrogens with zero attached hydrogens (tertiary/aromatic N) is 2. The van der Waals surface area contributed by atoms with Gasteiger partial charge in [-0.25, -0.2) is 0 Å². The van der Waals surface area contributed by atoms with Crippen LogP contribution in [0.3, 0.4) is 0 Å². The summed E-state index contributed by atoms with van der Waals surface area (Å²) >= 11 is 7.24. The van der Waals surface area contributed by atoms with Crippen LogP contribution < -0.4 is 0 Å². The summed E-state index contributed by atoms with van der Waals surface area (Å²) in [5, 5.41) is 4.52. The molecule has 0 N–H and O–H groups in total. The minimum Gasteiger partial charge on any atom is -0.457 e. The average Bonchev–Trinajstić information content (AvgIpc) is 3.09. The van der Waals surface area contributed by atoms with E-state index in [4.69, 9.17) is 16.3 Å². The summed E-state index contributed by atoms with van der Waals surface area (Å²) in [6, 6.07) is 21.3. The van der Waals surface area contributed by atoms with Crippen LogP contribution in [-0.2, 0) is 21.5 Å². The number of carbonyl (C=O) groups excluding carboxylic acids is 1. The van der Waals surface area contributed by atoms with Gasteiger partial charge in [-0.2, -0.15) is 5.10 Å². The fraction of sp³-hybridized carbons (Fsp3) is 0.304. The Labute approximate surface area is 170 Å². The number of esters is 1. The van der Waals surface area contributed by atoms with E-state index in [1.54, 1.807) is 0 Å². The van der Waals surface area contributed by atoms with Crippen molar-refractivity contribution < 1.29 is 9.53 Å². The van der Waals surface area contributed by atoms with E-state index in [0.717, 1.165) is 22.5 Å². The second kappa shape index (κ2) is 6.78. The van der Waals surface area contributed by atoms with Crippen molar-refractivity contribution in [2.75, 3.05) is 0 Å². The Balaban J connectivity index is 1.87. The molecule has 4 rings (SSSR count). The Hall–Kier alpha value is -2.59. The maximum Gasteiger partial charge on any atom is 0.323 e. The van der Waals surface area contributed by atoms with Gasteiger partial charge in [0.2, 0.25) is 0 Å². The average molecular weight is 395 g/mol. The lowest BCUT2D eigenvalue weighted by Crippen LogP contribution is -2.51. The van der Waals surface area contributed by atoms with E-state index in [9.17, 15) is 4.79 Å². The van der Waals surface area contributed by atoms with Crippen molar-refractivity contribution in [1.82, 2.24) is 9.78 Å². The van der Waals surface area contributed by atoms with Crippen LogP contribution in [0.4, 0.5) is 0 Å². The van der Waals surface area contributed by atoms with E-state index in [2.05, 4.69) is 5.10 Å². The van der Waals surface area contributed by atoms with Gasteiger partial charge in [0, 0.05) is 5.69 Å². The SMILES string of the molecule is Cc1cc(C)n(CC2OC(=O)C(c3ccccc3)(c3ccccc3)C2(C)Cl)n1. The first kappa shape index (κ1) is 18.8. The Bertz CT molecular complexity index is 956. The topological polar surface area (TPSA) is 44.1 Å². The van der Waals surface area contributed by atoms with Crippen molar-refractivity contribution in [1.29, 1.82) is 0 Å². The van der Waals surface area contributed by atoms with Gasteiger partial charge in [0.1, 0.15) is 16.4 Å². The lowest BCUT2D eigenvalue weighted by molar-refractivity contribution is -0.145. The van der Waals surface area contributed by atoms with E-state index < -0.39 is 16.4 Å². The molecule has 0 saturated carbocycles. The van der Waals surface area contributed by atoms with Crippen LogP contribution in [0.25, 0.3) is 0 Å². The first-order valence-corrected chi connectivity index (χ1v) is 9.77. The van der Waals surface area contributed by atoms with E-state index in [1.165, 1.54) is 0 Å². The molecule has 144 valence electrons. The summed E-state index contributed by atoms with van der Waals surface area (Å²) in [4.78, 5) is 12.5. The molecule has 4 nitrogen and oxygen atoms in total. The monoisotopic (exact) mass is 394 g/mol. The molecule has 0 radical (unpaired) electrons. The second-order valence-electron chi connectivity index (χ2n) is 7.56. The number of cyclic esters (lactones) is 1. The van der Waals surface area contributed by atoms with Gasteiger partial charge in [0.25, 0.3) is 0 Å². The second-order valence-corrected chi connectivity index (χ2v) is 8.35. The van der Waals surface area contributed by atoms with E-state index in [0.29, 0.717) is 6.54 Å². The third kappa shape index (κ3) is 2.67. The van der Waals surface area contributed by atoms with Crippen molar-refractivity contribution >= 4 is 17.6 Å². The van der Waals surface area contributed by atoms with Crippen molar-refractivity contribution in [3.63, 3.8) is 0 Å². The summed E-state index contributed by atoms with van der Waals surface area (Å²) < 4.78 is 7.80. The molecule has 1 aliphatic rings. The van der Waals surface area contributed by atoms with Gasteiger partial charge in [0.15, 0.2) is 0 Å². The zero-order valence-corrected chi connectivity index (χ0v) is 17.0. The molecule has 0 bridgehead atoms. The van der Waals surface area contributed by atoms with E-state index in [-0.39, 0.29) is 5.97 Å². The van der Waals surface area contributed by atoms with Gasteiger partial charge < -0.3 is 4.74 Å². The molecule has 28 heavy (non-hydrogen) atoms. The number of aryl methyl sites for hydroxylation is 2. The summed E-state index contributed by atoms with van der Waals surface area (Å²) in [7, 11) is 0. The highest BCUT2D eigenvalue weighted by atomic mass is 35.5. The molecule has 3 aromatic rings. The minimum atomic E-state index is -1.10. The predicted molar refractivity (Wildman–Crippen MR) is 110 cm³/mol. The molecule has 1 fully saturated rings. The summed E-state index contributed by atoms with van der Waals surface area (Å²) in [6.45, 7) is 6.24. The van der Waals surface area contributed by atoms with Crippen molar-refractivity contribution in [2.24, 2.45) is 0 Å². The number of ether oxygens (including phenoxy) is 1. The third-order valence-corrected chi connectivity index (χ3v) is 6.28. The molecular formula is C23H23ClN2O2. The molecule has 1 aromatic heterocycles. The van der Waals surface area contributed by atoms with E-state index >= 15 is 0 Å². The van der Waals surface area contributed by atoms with Crippen LogP contribution in [0, 0.1) is 13.8 Å². The van der Waals surface area contributed by atoms with Crippen LogP contribution >= 0.6 is 11.6 Å². The van der Waals surface area contributed by atoms with Gasteiger partial charge in [0.05, 0.1) is 12.2 Å². The zero-order chi connectivity index (χ0) is 19.9. The molecule has 1 saturated heterocycles. The number of carbonyl (C=O) groups is 1. The number of halogens is 1. The summed E-state index contributed by atoms with van der Waals surface area (Å²) in [6.07, 6.45) is -0.528. The molecule has 0 amide bonds. The van der Waals surface area contributed by atoms with Crippen LogP contribution in [0.1, 0.15) is 29.4 Å². The third-order valence-electron chi connectivity index (χ3n) is 5.75. The minimum absolute atomic E-state index is 0.325. The Morgan fingerprint density at radius 3 is 2.04 bits per heavy atom. The lowest BCUT2D eigenvalue weighted by atomic mass is 9.65. The van der Waals surface area contributed by atoms with Crippen LogP contribution in [-0.4, -0.2) is 26.7 Å². The van der Waals surface area contributed by atoms with Crippen molar-refractivity contribution in [2.45, 2.75) is 43.7 Å². The molecule has 2 heterocycles. The lowest BCUT2D eigenvalue weighted by Gasteiger charge is -2.38. The van der Waals surface area contributed by atoms with Gasteiger partial charge in [-0.1, -0.05) is 60.7 Å². The number of alkyl halides is 1. The number of hydrogen-bond donors (Lipinski definition) is 0. The van der Waals surface area contributed by atoms with Gasteiger partial charge >= 0.3 is 5.97 Å². The van der Waals surface area contributed by atoms with Gasteiger partial charge in [-0.05, 0) is 38.0 Å². The fourth-order valence-electron chi connectivity index (χ4n) is 4.34. The summed E-state index contributed by atoms with van der Waals surface area (Å²) in [5.74, 6) is -0.325. The number of hydrogen-bond acceptors (Lipinski definition) is 3. The highest BCUT2D eigenvalue weighted by Gasteiger charge is 2.66. The Morgan fingerprint density at radius 1 is 1.04 bits per heavy atom. The first-order valence-electron chi connectivity index (χ1n) is 9.39. The maximum absolute atomic E-state index is 13.5. The standard InChI is InChI=1S/C23H23ClN2O2/c1-16-14-17(2)26(25-16)15-20-22(3,24)23(21(27)28-20,18-10-6-4-7-11-18)19-12-8-5-9-13-19/h4-14,20H,15H2,1-3H3. The molecule has 2 atom stereocenters. The molecule has 0 spiro atoms. The summed E-state index contributed by atoms with van der Waals surface area (Å²) in [5.41, 5.74) is 2.50. The number of benzene rings is 2. The van der Waals surface area contributed by atoms with Gasteiger partial charge in [-0.3, -0.25) is 9.48 Å².